The van der Waals surface area contributed by atoms with Gasteiger partial charge in [0.05, 0.1) is 12.1 Å². The topological polar surface area (TPSA) is 60.0 Å². The Morgan fingerprint density at radius 3 is 2.71 bits per heavy atom. The SMILES string of the molecule is COc1ccc(NCc2cc3c(cc2O)OCO3)cc1Cl. The van der Waals surface area contributed by atoms with Crippen LogP contribution in [0.3, 0.4) is 0 Å². The van der Waals surface area contributed by atoms with E-state index in [0.717, 1.165) is 5.69 Å². The Hall–Kier alpha value is -2.27. The standard InChI is InChI=1S/C15H14ClNO4/c1-19-13-3-2-10(5-11(13)16)17-7-9-4-14-15(6-12(9)18)21-8-20-14/h2-6,17-18H,7-8H2,1H3. The number of methoxy groups -OCH3 is 1. The van der Waals surface area contributed by atoms with Crippen LogP contribution in [0.2, 0.25) is 5.02 Å². The molecule has 2 aromatic carbocycles. The molecule has 0 fully saturated rings. The lowest BCUT2D eigenvalue weighted by molar-refractivity contribution is 0.174. The van der Waals surface area contributed by atoms with Crippen molar-refractivity contribution >= 4 is 17.3 Å². The van der Waals surface area contributed by atoms with Crippen LogP contribution in [0.15, 0.2) is 30.3 Å². The Morgan fingerprint density at radius 2 is 2.00 bits per heavy atom. The predicted octanol–water partition coefficient (Wildman–Crippen LogP) is 3.40. The quantitative estimate of drug-likeness (QED) is 0.906. The summed E-state index contributed by atoms with van der Waals surface area (Å²) >= 11 is 6.07. The van der Waals surface area contributed by atoms with Crippen LogP contribution >= 0.6 is 11.6 Å². The van der Waals surface area contributed by atoms with Gasteiger partial charge in [-0.1, -0.05) is 11.6 Å². The molecule has 0 spiro atoms. The van der Waals surface area contributed by atoms with Crippen LogP contribution in [-0.2, 0) is 6.54 Å². The summed E-state index contributed by atoms with van der Waals surface area (Å²) in [6.45, 7) is 0.616. The molecule has 1 aliphatic rings. The molecule has 0 aliphatic carbocycles. The number of halogens is 1. The Bertz CT molecular complexity index is 675. The molecule has 6 heteroatoms. The van der Waals surface area contributed by atoms with Crippen molar-refractivity contribution in [3.05, 3.63) is 40.9 Å². The maximum atomic E-state index is 9.97. The first-order valence-electron chi connectivity index (χ1n) is 6.36. The highest BCUT2D eigenvalue weighted by Gasteiger charge is 2.16. The van der Waals surface area contributed by atoms with Gasteiger partial charge in [0.15, 0.2) is 11.5 Å². The summed E-state index contributed by atoms with van der Waals surface area (Å²) in [6.07, 6.45) is 0. The fraction of sp³-hybridized carbons (Fsp3) is 0.200. The van der Waals surface area contributed by atoms with Gasteiger partial charge in [0.1, 0.15) is 11.5 Å². The third kappa shape index (κ3) is 2.78. The molecule has 0 radical (unpaired) electrons. The Morgan fingerprint density at radius 1 is 1.24 bits per heavy atom. The first kappa shape index (κ1) is 13.7. The second-order valence-electron chi connectivity index (χ2n) is 4.54. The van der Waals surface area contributed by atoms with E-state index in [-0.39, 0.29) is 12.5 Å². The maximum absolute atomic E-state index is 9.97. The molecule has 0 saturated carbocycles. The van der Waals surface area contributed by atoms with Gasteiger partial charge in [-0.25, -0.2) is 0 Å². The van der Waals surface area contributed by atoms with E-state index in [9.17, 15) is 5.11 Å². The molecule has 0 unspecified atom stereocenters. The third-order valence-corrected chi connectivity index (χ3v) is 3.50. The number of anilines is 1. The minimum absolute atomic E-state index is 0.159. The molecule has 0 aromatic heterocycles. The molecule has 0 saturated heterocycles. The van der Waals surface area contributed by atoms with Gasteiger partial charge in [-0.15, -0.1) is 0 Å². The summed E-state index contributed by atoms with van der Waals surface area (Å²) in [7, 11) is 1.57. The number of rotatable bonds is 4. The highest BCUT2D eigenvalue weighted by atomic mass is 35.5. The van der Waals surface area contributed by atoms with Crippen LogP contribution in [-0.4, -0.2) is 19.0 Å². The van der Waals surface area contributed by atoms with Gasteiger partial charge in [-0.05, 0) is 24.3 Å². The van der Waals surface area contributed by atoms with E-state index in [4.69, 9.17) is 25.8 Å². The number of nitrogens with one attached hydrogen (secondary N) is 1. The largest absolute Gasteiger partial charge is 0.507 e. The average Bonchev–Trinajstić information content (AvgIpc) is 2.92. The molecule has 2 N–H and O–H groups in total. The lowest BCUT2D eigenvalue weighted by atomic mass is 10.1. The molecule has 5 nitrogen and oxygen atoms in total. The summed E-state index contributed by atoms with van der Waals surface area (Å²) in [5.41, 5.74) is 1.55. The zero-order chi connectivity index (χ0) is 14.8. The van der Waals surface area contributed by atoms with Gasteiger partial charge in [0.2, 0.25) is 6.79 Å². The lowest BCUT2D eigenvalue weighted by Gasteiger charge is -2.10. The summed E-state index contributed by atoms with van der Waals surface area (Å²) < 4.78 is 15.6. The number of benzene rings is 2. The summed E-state index contributed by atoms with van der Waals surface area (Å²) in [4.78, 5) is 0. The van der Waals surface area contributed by atoms with Crippen molar-refractivity contribution in [2.45, 2.75) is 6.54 Å². The first-order valence-corrected chi connectivity index (χ1v) is 6.74. The minimum atomic E-state index is 0.159. The number of hydrogen-bond acceptors (Lipinski definition) is 5. The van der Waals surface area contributed by atoms with Crippen LogP contribution in [0.25, 0.3) is 0 Å². The van der Waals surface area contributed by atoms with E-state index < -0.39 is 0 Å². The normalized spacial score (nSPS) is 12.3. The van der Waals surface area contributed by atoms with Crippen LogP contribution in [0.5, 0.6) is 23.0 Å². The number of phenolic OH excluding ortho intramolecular Hbond substituents is 1. The Balaban J connectivity index is 1.74. The van der Waals surface area contributed by atoms with E-state index in [1.165, 1.54) is 0 Å². The zero-order valence-corrected chi connectivity index (χ0v) is 12.1. The monoisotopic (exact) mass is 307 g/mol. The van der Waals surface area contributed by atoms with Gasteiger partial charge < -0.3 is 24.6 Å². The number of aromatic hydroxyl groups is 1. The summed E-state index contributed by atoms with van der Waals surface area (Å²) in [6, 6.07) is 8.72. The van der Waals surface area contributed by atoms with Gasteiger partial charge in [0.25, 0.3) is 0 Å². The van der Waals surface area contributed by atoms with Gasteiger partial charge in [0, 0.05) is 23.9 Å². The predicted molar refractivity (Wildman–Crippen MR) is 79.6 cm³/mol. The van der Waals surface area contributed by atoms with Crippen molar-refractivity contribution in [3.63, 3.8) is 0 Å². The molecule has 2 aromatic rings. The molecule has 0 bridgehead atoms. The van der Waals surface area contributed by atoms with Crippen molar-refractivity contribution in [1.82, 2.24) is 0 Å². The van der Waals surface area contributed by atoms with Crippen molar-refractivity contribution in [2.75, 3.05) is 19.2 Å². The van der Waals surface area contributed by atoms with Crippen molar-refractivity contribution < 1.29 is 19.3 Å². The number of phenols is 1. The second-order valence-corrected chi connectivity index (χ2v) is 4.94. The number of fused-ring (bicyclic) bond motifs is 1. The molecule has 3 rings (SSSR count). The fourth-order valence-corrected chi connectivity index (χ4v) is 2.35. The van der Waals surface area contributed by atoms with E-state index >= 15 is 0 Å². The van der Waals surface area contributed by atoms with Crippen LogP contribution in [0.4, 0.5) is 5.69 Å². The smallest absolute Gasteiger partial charge is 0.231 e. The zero-order valence-electron chi connectivity index (χ0n) is 11.4. The third-order valence-electron chi connectivity index (χ3n) is 3.21. The van der Waals surface area contributed by atoms with E-state index in [1.807, 2.05) is 6.07 Å². The summed E-state index contributed by atoms with van der Waals surface area (Å²) in [5.74, 6) is 1.97. The van der Waals surface area contributed by atoms with Crippen LogP contribution in [0.1, 0.15) is 5.56 Å². The van der Waals surface area contributed by atoms with Crippen molar-refractivity contribution in [3.8, 4) is 23.0 Å². The molecular formula is C15H14ClNO4. The highest BCUT2D eigenvalue weighted by molar-refractivity contribution is 6.32. The summed E-state index contributed by atoms with van der Waals surface area (Å²) in [5, 5.41) is 13.7. The van der Waals surface area contributed by atoms with Gasteiger partial charge in [-0.2, -0.15) is 0 Å². The molecule has 1 aliphatic heterocycles. The molecule has 1 heterocycles. The van der Waals surface area contributed by atoms with Crippen LogP contribution in [0, 0.1) is 0 Å². The van der Waals surface area contributed by atoms with E-state index in [2.05, 4.69) is 5.32 Å². The lowest BCUT2D eigenvalue weighted by Crippen LogP contribution is -2.00. The molecule has 0 amide bonds. The Kier molecular flexibility index (Phi) is 3.66. The maximum Gasteiger partial charge on any atom is 0.231 e. The molecule has 21 heavy (non-hydrogen) atoms. The van der Waals surface area contributed by atoms with Gasteiger partial charge in [-0.3, -0.25) is 0 Å². The average molecular weight is 308 g/mol. The first-order chi connectivity index (χ1) is 10.2. The molecule has 0 atom stereocenters. The van der Waals surface area contributed by atoms with E-state index in [0.29, 0.717) is 34.4 Å². The molecule has 110 valence electrons. The molecular weight excluding hydrogens is 294 g/mol. The number of hydrogen-bond donors (Lipinski definition) is 2. The minimum Gasteiger partial charge on any atom is -0.507 e. The van der Waals surface area contributed by atoms with Crippen LogP contribution < -0.4 is 19.5 Å². The van der Waals surface area contributed by atoms with E-state index in [1.54, 1.807) is 31.4 Å². The fourth-order valence-electron chi connectivity index (χ4n) is 2.09. The second kappa shape index (κ2) is 5.61. The van der Waals surface area contributed by atoms with Gasteiger partial charge >= 0.3 is 0 Å². The Labute approximate surface area is 127 Å². The van der Waals surface area contributed by atoms with Crippen molar-refractivity contribution in [1.29, 1.82) is 0 Å². The highest BCUT2D eigenvalue weighted by Crippen LogP contribution is 2.38. The van der Waals surface area contributed by atoms with Crippen molar-refractivity contribution in [2.24, 2.45) is 0 Å². The number of ether oxygens (including phenoxy) is 3.